The highest BCUT2D eigenvalue weighted by atomic mass is 16.5. The highest BCUT2D eigenvalue weighted by molar-refractivity contribution is 4.92. The Labute approximate surface area is 80.4 Å². The predicted octanol–water partition coefficient (Wildman–Crippen LogP) is -0.745. The molecule has 1 unspecified atom stereocenters. The maximum absolute atomic E-state index is 5.73. The molecule has 4 heteroatoms. The second kappa shape index (κ2) is 4.91. The highest BCUT2D eigenvalue weighted by Gasteiger charge is 2.32. The topological polar surface area (TPSA) is 50.5 Å². The first-order valence-corrected chi connectivity index (χ1v) is 4.86. The van der Waals surface area contributed by atoms with Gasteiger partial charge in [0.15, 0.2) is 0 Å². The van der Waals surface area contributed by atoms with E-state index in [1.807, 2.05) is 0 Å². The van der Waals surface area contributed by atoms with E-state index in [2.05, 4.69) is 24.3 Å². The fraction of sp³-hybridized carbons (Fsp3) is 1.00. The van der Waals surface area contributed by atoms with Crippen LogP contribution in [0.2, 0.25) is 0 Å². The molecule has 1 rings (SSSR count). The van der Waals surface area contributed by atoms with E-state index in [1.54, 1.807) is 0 Å². The van der Waals surface area contributed by atoms with Crippen LogP contribution in [0.3, 0.4) is 0 Å². The van der Waals surface area contributed by atoms with Gasteiger partial charge in [0.25, 0.3) is 0 Å². The van der Waals surface area contributed by atoms with Crippen molar-refractivity contribution in [2.75, 3.05) is 46.9 Å². The summed E-state index contributed by atoms with van der Waals surface area (Å²) in [5, 5.41) is 3.48. The van der Waals surface area contributed by atoms with E-state index in [4.69, 9.17) is 10.5 Å². The molecule has 0 aromatic rings. The minimum Gasteiger partial charge on any atom is -0.379 e. The molecule has 1 aliphatic rings. The summed E-state index contributed by atoms with van der Waals surface area (Å²) in [5.41, 5.74) is 5.78. The quantitative estimate of drug-likeness (QED) is 0.595. The predicted molar refractivity (Wildman–Crippen MR) is 53.8 cm³/mol. The Morgan fingerprint density at radius 1 is 1.54 bits per heavy atom. The van der Waals surface area contributed by atoms with E-state index in [1.165, 1.54) is 0 Å². The number of hydrogen-bond acceptors (Lipinski definition) is 4. The van der Waals surface area contributed by atoms with Gasteiger partial charge in [-0.1, -0.05) is 0 Å². The molecular weight excluding hydrogens is 166 g/mol. The van der Waals surface area contributed by atoms with Gasteiger partial charge < -0.3 is 20.7 Å². The summed E-state index contributed by atoms with van der Waals surface area (Å²) < 4.78 is 5.35. The fourth-order valence-electron chi connectivity index (χ4n) is 1.52. The Hall–Kier alpha value is -0.160. The molecule has 1 heterocycles. The molecule has 1 aliphatic heterocycles. The Morgan fingerprint density at radius 3 is 2.77 bits per heavy atom. The first-order chi connectivity index (χ1) is 6.18. The van der Waals surface area contributed by atoms with Crippen molar-refractivity contribution in [1.29, 1.82) is 0 Å². The van der Waals surface area contributed by atoms with Crippen LogP contribution in [0.15, 0.2) is 0 Å². The van der Waals surface area contributed by atoms with Gasteiger partial charge in [-0.05, 0) is 20.5 Å². The van der Waals surface area contributed by atoms with E-state index < -0.39 is 0 Å². The monoisotopic (exact) mass is 187 g/mol. The second-order valence-electron chi connectivity index (χ2n) is 4.02. The van der Waals surface area contributed by atoms with E-state index in [-0.39, 0.29) is 5.54 Å². The minimum absolute atomic E-state index is 0.0516. The average molecular weight is 187 g/mol. The van der Waals surface area contributed by atoms with Crippen LogP contribution in [0.25, 0.3) is 0 Å². The summed E-state index contributed by atoms with van der Waals surface area (Å²) in [6.45, 7) is 4.29. The van der Waals surface area contributed by atoms with Gasteiger partial charge in [-0.2, -0.15) is 0 Å². The van der Waals surface area contributed by atoms with Gasteiger partial charge in [-0.15, -0.1) is 0 Å². The summed E-state index contributed by atoms with van der Waals surface area (Å²) >= 11 is 0. The SMILES string of the molecule is CN(C)CCNC1(CN)CCOC1. The number of rotatable bonds is 5. The lowest BCUT2D eigenvalue weighted by molar-refractivity contribution is 0.167. The number of nitrogens with one attached hydrogen (secondary N) is 1. The molecule has 1 saturated heterocycles. The maximum atomic E-state index is 5.73. The molecular formula is C9H21N3O. The van der Waals surface area contributed by atoms with E-state index >= 15 is 0 Å². The van der Waals surface area contributed by atoms with E-state index in [9.17, 15) is 0 Å². The van der Waals surface area contributed by atoms with Gasteiger partial charge in [0.05, 0.1) is 12.1 Å². The van der Waals surface area contributed by atoms with E-state index in [0.29, 0.717) is 6.54 Å². The lowest BCUT2D eigenvalue weighted by Crippen LogP contribution is -2.53. The molecule has 78 valence electrons. The Kier molecular flexibility index (Phi) is 4.12. The zero-order chi connectivity index (χ0) is 9.73. The van der Waals surface area contributed by atoms with Crippen molar-refractivity contribution < 1.29 is 4.74 Å². The van der Waals surface area contributed by atoms with Gasteiger partial charge in [-0.3, -0.25) is 0 Å². The molecule has 0 spiro atoms. The van der Waals surface area contributed by atoms with Crippen molar-refractivity contribution in [3.8, 4) is 0 Å². The van der Waals surface area contributed by atoms with Crippen LogP contribution in [-0.2, 0) is 4.74 Å². The number of nitrogens with zero attached hydrogens (tertiary/aromatic N) is 1. The largest absolute Gasteiger partial charge is 0.379 e. The third-order valence-electron chi connectivity index (χ3n) is 2.55. The summed E-state index contributed by atoms with van der Waals surface area (Å²) in [7, 11) is 4.14. The molecule has 0 aromatic carbocycles. The smallest absolute Gasteiger partial charge is 0.0661 e. The summed E-state index contributed by atoms with van der Waals surface area (Å²) in [5.74, 6) is 0. The molecule has 1 atom stereocenters. The maximum Gasteiger partial charge on any atom is 0.0661 e. The summed E-state index contributed by atoms with van der Waals surface area (Å²) in [6, 6.07) is 0. The van der Waals surface area contributed by atoms with Crippen molar-refractivity contribution in [2.45, 2.75) is 12.0 Å². The lowest BCUT2D eigenvalue weighted by Gasteiger charge is -2.27. The number of likely N-dealkylation sites (N-methyl/N-ethyl adjacent to an activating group) is 1. The summed E-state index contributed by atoms with van der Waals surface area (Å²) in [6.07, 6.45) is 1.04. The van der Waals surface area contributed by atoms with Crippen LogP contribution >= 0.6 is 0 Å². The van der Waals surface area contributed by atoms with Crippen LogP contribution in [0, 0.1) is 0 Å². The third kappa shape index (κ3) is 3.23. The molecule has 0 aromatic heterocycles. The molecule has 0 amide bonds. The zero-order valence-corrected chi connectivity index (χ0v) is 8.68. The molecule has 0 bridgehead atoms. The fourth-order valence-corrected chi connectivity index (χ4v) is 1.52. The molecule has 0 radical (unpaired) electrons. The first kappa shape index (κ1) is 10.9. The molecule has 4 nitrogen and oxygen atoms in total. The number of hydrogen-bond donors (Lipinski definition) is 2. The first-order valence-electron chi connectivity index (χ1n) is 4.86. The van der Waals surface area contributed by atoms with Crippen LogP contribution in [0.4, 0.5) is 0 Å². The Balaban J connectivity index is 2.23. The lowest BCUT2D eigenvalue weighted by atomic mass is 9.99. The molecule has 0 aliphatic carbocycles. The van der Waals surface area contributed by atoms with Crippen molar-refractivity contribution in [1.82, 2.24) is 10.2 Å². The van der Waals surface area contributed by atoms with Gasteiger partial charge in [0.2, 0.25) is 0 Å². The normalized spacial score (nSPS) is 28.6. The van der Waals surface area contributed by atoms with Gasteiger partial charge >= 0.3 is 0 Å². The van der Waals surface area contributed by atoms with Crippen molar-refractivity contribution >= 4 is 0 Å². The Morgan fingerprint density at radius 2 is 2.31 bits per heavy atom. The van der Waals surface area contributed by atoms with Gasteiger partial charge in [0, 0.05) is 26.2 Å². The van der Waals surface area contributed by atoms with Crippen LogP contribution in [0.1, 0.15) is 6.42 Å². The van der Waals surface area contributed by atoms with Crippen LogP contribution < -0.4 is 11.1 Å². The number of nitrogens with two attached hydrogens (primary N) is 1. The third-order valence-corrected chi connectivity index (χ3v) is 2.55. The van der Waals surface area contributed by atoms with Gasteiger partial charge in [-0.25, -0.2) is 0 Å². The molecule has 0 saturated carbocycles. The standard InChI is InChI=1S/C9H21N3O/c1-12(2)5-4-11-9(7-10)3-6-13-8-9/h11H,3-8,10H2,1-2H3. The van der Waals surface area contributed by atoms with Crippen LogP contribution in [-0.4, -0.2) is 57.4 Å². The van der Waals surface area contributed by atoms with Crippen molar-refractivity contribution in [2.24, 2.45) is 5.73 Å². The Bertz CT molecular complexity index is 144. The number of ether oxygens (including phenoxy) is 1. The van der Waals surface area contributed by atoms with Crippen LogP contribution in [0.5, 0.6) is 0 Å². The minimum atomic E-state index is 0.0516. The average Bonchev–Trinajstić information content (AvgIpc) is 2.53. The molecule has 13 heavy (non-hydrogen) atoms. The van der Waals surface area contributed by atoms with Crippen molar-refractivity contribution in [3.05, 3.63) is 0 Å². The van der Waals surface area contributed by atoms with E-state index in [0.717, 1.165) is 32.7 Å². The zero-order valence-electron chi connectivity index (χ0n) is 8.68. The highest BCUT2D eigenvalue weighted by Crippen LogP contribution is 2.16. The van der Waals surface area contributed by atoms with Crippen molar-refractivity contribution in [3.63, 3.8) is 0 Å². The molecule has 3 N–H and O–H groups in total. The molecule has 1 fully saturated rings. The second-order valence-corrected chi connectivity index (χ2v) is 4.02. The summed E-state index contributed by atoms with van der Waals surface area (Å²) in [4.78, 5) is 2.16. The van der Waals surface area contributed by atoms with Gasteiger partial charge in [0.1, 0.15) is 0 Å².